The van der Waals surface area contributed by atoms with Gasteiger partial charge in [0.1, 0.15) is 11.6 Å². The minimum atomic E-state index is -0.490. The SMILES string of the molecule is O=C(Nc1ccc(Cl)cc1)Nc1ncc(F)cc1Br. The highest BCUT2D eigenvalue weighted by Crippen LogP contribution is 2.20. The second kappa shape index (κ2) is 5.99. The zero-order valence-corrected chi connectivity index (χ0v) is 11.8. The predicted octanol–water partition coefficient (Wildman–Crippen LogP) is 4.28. The number of nitrogens with zero attached hydrogens (tertiary/aromatic N) is 1. The molecular weight excluding hydrogens is 337 g/mol. The number of hydrogen-bond acceptors (Lipinski definition) is 2. The van der Waals surface area contributed by atoms with Gasteiger partial charge in [0.25, 0.3) is 0 Å². The molecule has 7 heteroatoms. The van der Waals surface area contributed by atoms with Crippen molar-refractivity contribution >= 4 is 45.1 Å². The van der Waals surface area contributed by atoms with Crippen molar-refractivity contribution in [2.24, 2.45) is 0 Å². The third kappa shape index (κ3) is 3.90. The van der Waals surface area contributed by atoms with E-state index in [2.05, 4.69) is 31.5 Å². The van der Waals surface area contributed by atoms with Gasteiger partial charge in [0.2, 0.25) is 0 Å². The van der Waals surface area contributed by atoms with Crippen LogP contribution in [0, 0.1) is 5.82 Å². The molecule has 4 nitrogen and oxygen atoms in total. The Labute approximate surface area is 122 Å². The van der Waals surface area contributed by atoms with Gasteiger partial charge in [-0.3, -0.25) is 5.32 Å². The molecule has 0 aliphatic rings. The van der Waals surface area contributed by atoms with Crippen LogP contribution < -0.4 is 10.6 Å². The molecule has 0 saturated carbocycles. The minimum Gasteiger partial charge on any atom is -0.308 e. The van der Waals surface area contributed by atoms with E-state index in [9.17, 15) is 9.18 Å². The van der Waals surface area contributed by atoms with Crippen LogP contribution in [-0.4, -0.2) is 11.0 Å². The van der Waals surface area contributed by atoms with E-state index in [1.165, 1.54) is 6.07 Å². The summed E-state index contributed by atoms with van der Waals surface area (Å²) in [4.78, 5) is 15.5. The number of urea groups is 1. The van der Waals surface area contributed by atoms with Gasteiger partial charge >= 0.3 is 6.03 Å². The molecule has 0 radical (unpaired) electrons. The number of anilines is 2. The van der Waals surface area contributed by atoms with Crippen molar-refractivity contribution in [3.05, 3.63) is 51.8 Å². The van der Waals surface area contributed by atoms with Crippen LogP contribution in [0.5, 0.6) is 0 Å². The number of hydrogen-bond donors (Lipinski definition) is 2. The zero-order chi connectivity index (χ0) is 13.8. The Kier molecular flexibility index (Phi) is 4.34. The fourth-order valence-electron chi connectivity index (χ4n) is 1.31. The second-order valence-electron chi connectivity index (χ2n) is 3.57. The van der Waals surface area contributed by atoms with Crippen LogP contribution >= 0.6 is 27.5 Å². The highest BCUT2D eigenvalue weighted by Gasteiger charge is 2.07. The van der Waals surface area contributed by atoms with E-state index in [-0.39, 0.29) is 5.82 Å². The lowest BCUT2D eigenvalue weighted by Crippen LogP contribution is -2.20. The van der Waals surface area contributed by atoms with Crippen molar-refractivity contribution in [3.8, 4) is 0 Å². The van der Waals surface area contributed by atoms with Crippen molar-refractivity contribution in [1.82, 2.24) is 4.98 Å². The molecule has 1 aromatic carbocycles. The molecule has 19 heavy (non-hydrogen) atoms. The topological polar surface area (TPSA) is 54.0 Å². The summed E-state index contributed by atoms with van der Waals surface area (Å²) in [6.07, 6.45) is 1.02. The molecule has 1 aromatic heterocycles. The number of aromatic nitrogens is 1. The van der Waals surface area contributed by atoms with Crippen molar-refractivity contribution in [2.45, 2.75) is 0 Å². The van der Waals surface area contributed by atoms with Crippen molar-refractivity contribution in [3.63, 3.8) is 0 Å². The minimum absolute atomic E-state index is 0.230. The molecule has 0 saturated heterocycles. The summed E-state index contributed by atoms with van der Waals surface area (Å²) < 4.78 is 13.2. The highest BCUT2D eigenvalue weighted by atomic mass is 79.9. The normalized spacial score (nSPS) is 10.1. The number of carbonyl (C=O) groups is 1. The Morgan fingerprint density at radius 2 is 1.95 bits per heavy atom. The highest BCUT2D eigenvalue weighted by molar-refractivity contribution is 9.10. The summed E-state index contributed by atoms with van der Waals surface area (Å²) in [6.45, 7) is 0. The summed E-state index contributed by atoms with van der Waals surface area (Å²) in [5, 5.41) is 5.67. The molecule has 0 spiro atoms. The molecule has 0 aliphatic heterocycles. The summed E-state index contributed by atoms with van der Waals surface area (Å²) >= 11 is 8.84. The maximum atomic E-state index is 12.8. The fourth-order valence-corrected chi connectivity index (χ4v) is 1.86. The van der Waals surface area contributed by atoms with E-state index >= 15 is 0 Å². The van der Waals surface area contributed by atoms with E-state index < -0.39 is 11.8 Å². The number of benzene rings is 1. The van der Waals surface area contributed by atoms with Crippen LogP contribution in [0.1, 0.15) is 0 Å². The summed E-state index contributed by atoms with van der Waals surface area (Å²) in [5.74, 6) is -0.261. The van der Waals surface area contributed by atoms with Gasteiger partial charge in [0.05, 0.1) is 10.7 Å². The van der Waals surface area contributed by atoms with Crippen LogP contribution in [0.3, 0.4) is 0 Å². The summed E-state index contributed by atoms with van der Waals surface area (Å²) in [7, 11) is 0. The lowest BCUT2D eigenvalue weighted by Gasteiger charge is -2.08. The van der Waals surface area contributed by atoms with Gasteiger partial charge < -0.3 is 5.32 Å². The van der Waals surface area contributed by atoms with E-state index in [0.29, 0.717) is 15.2 Å². The molecule has 0 atom stereocenters. The Morgan fingerprint density at radius 1 is 1.26 bits per heavy atom. The first kappa shape index (κ1) is 13.8. The van der Waals surface area contributed by atoms with Crippen LogP contribution in [0.2, 0.25) is 5.02 Å². The molecule has 2 rings (SSSR count). The first-order chi connectivity index (χ1) is 9.04. The molecule has 0 unspecified atom stereocenters. The largest absolute Gasteiger partial charge is 0.324 e. The van der Waals surface area contributed by atoms with Gasteiger partial charge in [0.15, 0.2) is 0 Å². The average Bonchev–Trinajstić information content (AvgIpc) is 2.36. The Morgan fingerprint density at radius 3 is 2.58 bits per heavy atom. The number of rotatable bonds is 2. The van der Waals surface area contributed by atoms with Crippen molar-refractivity contribution < 1.29 is 9.18 Å². The predicted molar refractivity (Wildman–Crippen MR) is 76.0 cm³/mol. The molecule has 0 aliphatic carbocycles. The maximum Gasteiger partial charge on any atom is 0.324 e. The number of pyridine rings is 1. The summed E-state index contributed by atoms with van der Waals surface area (Å²) in [5.41, 5.74) is 0.583. The molecule has 2 N–H and O–H groups in total. The zero-order valence-electron chi connectivity index (χ0n) is 9.45. The van der Waals surface area contributed by atoms with Crippen molar-refractivity contribution in [2.75, 3.05) is 10.6 Å². The van der Waals surface area contributed by atoms with E-state index in [1.807, 2.05) is 0 Å². The molecule has 98 valence electrons. The summed E-state index contributed by atoms with van der Waals surface area (Å²) in [6, 6.07) is 7.36. The van der Waals surface area contributed by atoms with Gasteiger partial charge in [-0.1, -0.05) is 11.6 Å². The van der Waals surface area contributed by atoms with Crippen LogP contribution in [0.25, 0.3) is 0 Å². The quantitative estimate of drug-likeness (QED) is 0.854. The van der Waals surface area contributed by atoms with Crippen LogP contribution in [-0.2, 0) is 0 Å². The number of halogens is 3. The van der Waals surface area contributed by atoms with E-state index in [1.54, 1.807) is 24.3 Å². The molecule has 1 heterocycles. The average molecular weight is 345 g/mol. The molecule has 0 fully saturated rings. The van der Waals surface area contributed by atoms with E-state index in [0.717, 1.165) is 6.20 Å². The molecular formula is C12H8BrClFN3O. The first-order valence-corrected chi connectivity index (χ1v) is 6.36. The lowest BCUT2D eigenvalue weighted by atomic mass is 10.3. The van der Waals surface area contributed by atoms with Gasteiger partial charge in [-0.05, 0) is 46.3 Å². The van der Waals surface area contributed by atoms with Crippen LogP contribution in [0.15, 0.2) is 41.0 Å². The Hall–Kier alpha value is -1.66. The maximum absolute atomic E-state index is 12.8. The number of carbonyl (C=O) groups excluding carboxylic acids is 1. The fraction of sp³-hybridized carbons (Fsp3) is 0. The van der Waals surface area contributed by atoms with Gasteiger partial charge in [-0.25, -0.2) is 14.2 Å². The lowest BCUT2D eigenvalue weighted by molar-refractivity contribution is 0.262. The van der Waals surface area contributed by atoms with Crippen molar-refractivity contribution in [1.29, 1.82) is 0 Å². The third-order valence-electron chi connectivity index (χ3n) is 2.14. The molecule has 2 aromatic rings. The van der Waals surface area contributed by atoms with Gasteiger partial charge in [-0.2, -0.15) is 0 Å². The van der Waals surface area contributed by atoms with Gasteiger partial charge in [0, 0.05) is 10.7 Å². The van der Waals surface area contributed by atoms with Crippen LogP contribution in [0.4, 0.5) is 20.7 Å². The van der Waals surface area contributed by atoms with Gasteiger partial charge in [-0.15, -0.1) is 0 Å². The molecule has 2 amide bonds. The van der Waals surface area contributed by atoms with E-state index in [4.69, 9.17) is 11.6 Å². The Balaban J connectivity index is 2.03. The second-order valence-corrected chi connectivity index (χ2v) is 4.86. The number of nitrogens with one attached hydrogen (secondary N) is 2. The standard InChI is InChI=1S/C12H8BrClFN3O/c13-10-5-8(15)6-16-11(10)18-12(19)17-9-3-1-7(14)2-4-9/h1-6H,(H2,16,17,18,19). The Bertz CT molecular complexity index is 606. The monoisotopic (exact) mass is 343 g/mol. The molecule has 0 bridgehead atoms. The smallest absolute Gasteiger partial charge is 0.308 e. The number of amides is 2. The first-order valence-electron chi connectivity index (χ1n) is 5.19. The third-order valence-corrected chi connectivity index (χ3v) is 3.00.